The first-order valence-electron chi connectivity index (χ1n) is 11.5. The average Bonchev–Trinajstić information content (AvgIpc) is 3.35. The van der Waals surface area contributed by atoms with Crippen LogP contribution in [0.15, 0.2) is 83.9 Å². The molecule has 2 unspecified atom stereocenters. The highest BCUT2D eigenvalue weighted by Gasteiger charge is 2.41. The predicted octanol–water partition coefficient (Wildman–Crippen LogP) is 3.77. The molecule has 37 heavy (non-hydrogen) atoms. The number of sulfonamides is 1. The maximum Gasteiger partial charge on any atom is 0.317 e. The molecule has 2 atom stereocenters. The smallest absolute Gasteiger partial charge is 0.317 e. The minimum absolute atomic E-state index is 0.134. The molecule has 1 N–H and O–H groups in total. The SMILES string of the molecule is CC1=Nc2nnnn2C(c2ccccc2-c2ccc(NS(C)(=O)=O)cc2)C1C(=O)OCc1ccccc1. The maximum atomic E-state index is 13.5. The Kier molecular flexibility index (Phi) is 6.53. The zero-order chi connectivity index (χ0) is 26.0. The number of rotatable bonds is 7. The number of tetrazole rings is 1. The molecule has 0 bridgehead atoms. The number of nitrogens with one attached hydrogen (secondary N) is 1. The Morgan fingerprint density at radius 3 is 2.43 bits per heavy atom. The number of carbonyl (C=O) groups is 1. The molecule has 0 aliphatic carbocycles. The number of benzene rings is 3. The van der Waals surface area contributed by atoms with Crippen molar-refractivity contribution in [1.29, 1.82) is 0 Å². The van der Waals surface area contributed by atoms with E-state index < -0.39 is 28.0 Å². The summed E-state index contributed by atoms with van der Waals surface area (Å²) < 4.78 is 32.9. The minimum Gasteiger partial charge on any atom is -0.460 e. The molecule has 11 heteroatoms. The number of carbonyl (C=O) groups excluding carboxylic acids is 1. The van der Waals surface area contributed by atoms with Gasteiger partial charge in [0.15, 0.2) is 0 Å². The quantitative estimate of drug-likeness (QED) is 0.370. The normalized spacial score (nSPS) is 17.0. The van der Waals surface area contributed by atoms with Gasteiger partial charge < -0.3 is 4.74 Å². The highest BCUT2D eigenvalue weighted by Crippen LogP contribution is 2.40. The van der Waals surface area contributed by atoms with Crippen LogP contribution in [0.3, 0.4) is 0 Å². The van der Waals surface area contributed by atoms with E-state index in [1.807, 2.05) is 66.7 Å². The number of aliphatic imine (C=N–C) groups is 1. The van der Waals surface area contributed by atoms with Crippen LogP contribution in [-0.4, -0.2) is 46.6 Å². The van der Waals surface area contributed by atoms with Gasteiger partial charge >= 0.3 is 5.97 Å². The summed E-state index contributed by atoms with van der Waals surface area (Å²) in [7, 11) is -3.40. The number of anilines is 1. The van der Waals surface area contributed by atoms with Gasteiger partial charge in [-0.3, -0.25) is 9.52 Å². The Bertz CT molecular complexity index is 1570. The second-order valence-corrected chi connectivity index (χ2v) is 10.5. The van der Waals surface area contributed by atoms with Gasteiger partial charge in [0.1, 0.15) is 18.6 Å². The fourth-order valence-electron chi connectivity index (χ4n) is 4.42. The average molecular weight is 517 g/mol. The summed E-state index contributed by atoms with van der Waals surface area (Å²) in [6, 6.07) is 23.5. The lowest BCUT2D eigenvalue weighted by molar-refractivity contribution is -0.148. The van der Waals surface area contributed by atoms with Crippen LogP contribution in [0.25, 0.3) is 11.1 Å². The number of fused-ring (bicyclic) bond motifs is 1. The van der Waals surface area contributed by atoms with E-state index in [0.29, 0.717) is 17.3 Å². The molecule has 5 rings (SSSR count). The van der Waals surface area contributed by atoms with Crippen molar-refractivity contribution in [1.82, 2.24) is 20.2 Å². The van der Waals surface area contributed by atoms with Crippen LogP contribution in [0.1, 0.15) is 24.1 Å². The number of ether oxygens (including phenoxy) is 1. The van der Waals surface area contributed by atoms with Crippen LogP contribution >= 0.6 is 0 Å². The van der Waals surface area contributed by atoms with Crippen molar-refractivity contribution in [2.45, 2.75) is 19.6 Å². The van der Waals surface area contributed by atoms with E-state index in [4.69, 9.17) is 4.74 Å². The summed E-state index contributed by atoms with van der Waals surface area (Å²) in [5.41, 5.74) is 4.36. The van der Waals surface area contributed by atoms with Gasteiger partial charge in [0.05, 0.1) is 6.26 Å². The Balaban J connectivity index is 1.53. The minimum atomic E-state index is -3.40. The molecule has 0 fully saturated rings. The number of hydrogen-bond donors (Lipinski definition) is 1. The Morgan fingerprint density at radius 1 is 1.00 bits per heavy atom. The van der Waals surface area contributed by atoms with Crippen LogP contribution in [-0.2, 0) is 26.2 Å². The third-order valence-corrected chi connectivity index (χ3v) is 6.64. The molecule has 3 aromatic carbocycles. The van der Waals surface area contributed by atoms with E-state index in [1.165, 1.54) is 0 Å². The van der Waals surface area contributed by atoms with E-state index in [2.05, 4.69) is 25.2 Å². The molecule has 1 aliphatic rings. The van der Waals surface area contributed by atoms with Crippen molar-refractivity contribution in [3.05, 3.63) is 90.0 Å². The molecule has 0 spiro atoms. The van der Waals surface area contributed by atoms with Gasteiger partial charge in [-0.05, 0) is 51.7 Å². The number of nitrogens with zero attached hydrogens (tertiary/aromatic N) is 5. The zero-order valence-corrected chi connectivity index (χ0v) is 21.0. The van der Waals surface area contributed by atoms with Crippen molar-refractivity contribution in [2.24, 2.45) is 10.9 Å². The van der Waals surface area contributed by atoms with Crippen molar-refractivity contribution in [3.8, 4) is 11.1 Å². The van der Waals surface area contributed by atoms with Crippen molar-refractivity contribution < 1.29 is 17.9 Å². The Labute approximate surface area is 214 Å². The van der Waals surface area contributed by atoms with Crippen LogP contribution in [0.2, 0.25) is 0 Å². The van der Waals surface area contributed by atoms with Crippen molar-refractivity contribution in [3.63, 3.8) is 0 Å². The topological polar surface area (TPSA) is 128 Å². The number of aromatic nitrogens is 4. The summed E-state index contributed by atoms with van der Waals surface area (Å²) in [4.78, 5) is 17.9. The molecule has 1 aliphatic heterocycles. The van der Waals surface area contributed by atoms with Gasteiger partial charge in [-0.25, -0.2) is 18.1 Å². The number of hydrogen-bond acceptors (Lipinski definition) is 8. The van der Waals surface area contributed by atoms with Crippen LogP contribution < -0.4 is 4.72 Å². The van der Waals surface area contributed by atoms with Crippen molar-refractivity contribution in [2.75, 3.05) is 11.0 Å². The van der Waals surface area contributed by atoms with Gasteiger partial charge in [-0.2, -0.15) is 0 Å². The second kappa shape index (κ2) is 9.94. The second-order valence-electron chi connectivity index (χ2n) is 8.73. The fourth-order valence-corrected chi connectivity index (χ4v) is 4.98. The summed E-state index contributed by atoms with van der Waals surface area (Å²) >= 11 is 0. The summed E-state index contributed by atoms with van der Waals surface area (Å²) in [5, 5.41) is 12.0. The summed E-state index contributed by atoms with van der Waals surface area (Å²) in [5.74, 6) is -0.886. The van der Waals surface area contributed by atoms with E-state index in [1.54, 1.807) is 23.7 Å². The third-order valence-electron chi connectivity index (χ3n) is 6.04. The van der Waals surface area contributed by atoms with E-state index >= 15 is 0 Å². The summed E-state index contributed by atoms with van der Waals surface area (Å²) in [6.07, 6.45) is 1.10. The molecular weight excluding hydrogens is 492 g/mol. The van der Waals surface area contributed by atoms with Crippen molar-refractivity contribution >= 4 is 33.3 Å². The van der Waals surface area contributed by atoms with Gasteiger partial charge in [-0.15, -0.1) is 0 Å². The zero-order valence-electron chi connectivity index (χ0n) is 20.1. The van der Waals surface area contributed by atoms with Gasteiger partial charge in [0.2, 0.25) is 10.0 Å². The maximum absolute atomic E-state index is 13.5. The predicted molar refractivity (Wildman–Crippen MR) is 139 cm³/mol. The molecule has 0 saturated heterocycles. The molecule has 10 nitrogen and oxygen atoms in total. The van der Waals surface area contributed by atoms with Gasteiger partial charge in [-0.1, -0.05) is 71.8 Å². The monoisotopic (exact) mass is 516 g/mol. The highest BCUT2D eigenvalue weighted by atomic mass is 32.2. The van der Waals surface area contributed by atoms with E-state index in [0.717, 1.165) is 28.5 Å². The first kappa shape index (κ1) is 24.3. The molecule has 1 aromatic heterocycles. The first-order chi connectivity index (χ1) is 17.8. The highest BCUT2D eigenvalue weighted by molar-refractivity contribution is 7.92. The molecule has 188 valence electrons. The lowest BCUT2D eigenvalue weighted by Gasteiger charge is -2.30. The molecular formula is C26H24N6O4S. The van der Waals surface area contributed by atoms with Gasteiger partial charge in [0, 0.05) is 11.4 Å². The lowest BCUT2D eigenvalue weighted by atomic mass is 9.84. The number of esters is 1. The van der Waals surface area contributed by atoms with E-state index in [9.17, 15) is 13.2 Å². The molecule has 0 saturated carbocycles. The molecule has 2 heterocycles. The van der Waals surface area contributed by atoms with Crippen LogP contribution in [0.5, 0.6) is 0 Å². The van der Waals surface area contributed by atoms with Crippen LogP contribution in [0.4, 0.5) is 11.6 Å². The summed E-state index contributed by atoms with van der Waals surface area (Å²) in [6.45, 7) is 1.91. The molecule has 0 amide bonds. The molecule has 0 radical (unpaired) electrons. The first-order valence-corrected chi connectivity index (χ1v) is 13.4. The fraction of sp³-hybridized carbons (Fsp3) is 0.192. The Hall–Kier alpha value is -4.38. The van der Waals surface area contributed by atoms with Gasteiger partial charge in [0.25, 0.3) is 5.95 Å². The van der Waals surface area contributed by atoms with E-state index in [-0.39, 0.29) is 6.61 Å². The Morgan fingerprint density at radius 2 is 1.70 bits per heavy atom. The standard InChI is InChI=1S/C26H24N6O4S/c1-17-23(25(33)36-16-18-8-4-3-5-9-18)24(32-26(27-17)28-30-31-32)22-11-7-6-10-21(22)19-12-14-20(15-13-19)29-37(2,34)35/h3-15,23-24,29H,16H2,1-2H3. The third kappa shape index (κ3) is 5.26. The largest absolute Gasteiger partial charge is 0.460 e. The lowest BCUT2D eigenvalue weighted by Crippen LogP contribution is -2.37. The molecule has 4 aromatic rings. The van der Waals surface area contributed by atoms with Crippen LogP contribution in [0, 0.1) is 5.92 Å².